The Morgan fingerprint density at radius 3 is 2.41 bits per heavy atom. The molecule has 2 rings (SSSR count). The molecule has 7 nitrogen and oxygen atoms in total. The van der Waals surface area contributed by atoms with Gasteiger partial charge in [-0.05, 0) is 12.1 Å². The molecule has 88 valence electrons. The Labute approximate surface area is 95.1 Å². The second-order valence-corrected chi connectivity index (χ2v) is 3.16. The van der Waals surface area contributed by atoms with Gasteiger partial charge in [0.15, 0.2) is 17.2 Å². The van der Waals surface area contributed by atoms with Crippen LogP contribution in [0.2, 0.25) is 0 Å². The molecule has 0 bridgehead atoms. The van der Waals surface area contributed by atoms with Crippen LogP contribution in [-0.4, -0.2) is 31.0 Å². The van der Waals surface area contributed by atoms with Gasteiger partial charge in [0, 0.05) is 6.20 Å². The summed E-state index contributed by atoms with van der Waals surface area (Å²) in [7, 11) is 0. The molecule has 0 aliphatic heterocycles. The summed E-state index contributed by atoms with van der Waals surface area (Å²) in [5.41, 5.74) is -0.105. The third kappa shape index (κ3) is 2.12. The Morgan fingerprint density at radius 1 is 1.24 bits per heavy atom. The fraction of sp³-hybridized carbons (Fsp3) is 0. The Morgan fingerprint density at radius 2 is 1.88 bits per heavy atom. The van der Waals surface area contributed by atoms with E-state index in [-0.39, 0.29) is 5.56 Å². The molecule has 1 aromatic carbocycles. The Hall–Kier alpha value is -2.70. The minimum atomic E-state index is -0.811. The van der Waals surface area contributed by atoms with Crippen LogP contribution in [0.15, 0.2) is 30.9 Å². The van der Waals surface area contributed by atoms with E-state index < -0.39 is 23.2 Å². The molecule has 0 aliphatic carbocycles. The van der Waals surface area contributed by atoms with E-state index in [0.717, 1.165) is 16.9 Å². The van der Waals surface area contributed by atoms with Crippen molar-refractivity contribution in [2.45, 2.75) is 0 Å². The molecule has 0 spiro atoms. The summed E-state index contributed by atoms with van der Waals surface area (Å²) < 4.78 is 1.06. The lowest BCUT2D eigenvalue weighted by Crippen LogP contribution is -2.18. The number of phenolic OH excluding ortho intramolecular Hbond substituents is 3. The summed E-state index contributed by atoms with van der Waals surface area (Å²) in [5, 5.41) is 27.5. The number of carbonyl (C=O) groups is 1. The van der Waals surface area contributed by atoms with Crippen LogP contribution in [0.25, 0.3) is 0 Å². The first-order valence-corrected chi connectivity index (χ1v) is 4.53. The maximum atomic E-state index is 11.6. The molecule has 1 aromatic heterocycles. The summed E-state index contributed by atoms with van der Waals surface area (Å²) in [6.45, 7) is 0. The fourth-order valence-corrected chi connectivity index (χ4v) is 1.17. The van der Waals surface area contributed by atoms with Crippen molar-refractivity contribution >= 4 is 5.97 Å². The molecule has 0 radical (unpaired) electrons. The van der Waals surface area contributed by atoms with Gasteiger partial charge in [-0.2, -0.15) is 4.73 Å². The second-order valence-electron chi connectivity index (χ2n) is 3.16. The highest BCUT2D eigenvalue weighted by Crippen LogP contribution is 2.35. The van der Waals surface area contributed by atoms with Gasteiger partial charge in [-0.1, -0.05) is 0 Å². The minimum Gasteiger partial charge on any atom is -0.504 e. The first-order valence-electron chi connectivity index (χ1n) is 4.53. The van der Waals surface area contributed by atoms with Crippen LogP contribution >= 0.6 is 0 Å². The number of aromatic nitrogens is 2. The number of benzene rings is 1. The lowest BCUT2D eigenvalue weighted by Gasteiger charge is -2.06. The van der Waals surface area contributed by atoms with E-state index in [1.165, 1.54) is 18.7 Å². The van der Waals surface area contributed by atoms with Gasteiger partial charge in [-0.15, -0.1) is 0 Å². The van der Waals surface area contributed by atoms with E-state index in [9.17, 15) is 15.0 Å². The Balaban J connectivity index is 2.26. The first-order chi connectivity index (χ1) is 8.08. The molecule has 0 saturated heterocycles. The van der Waals surface area contributed by atoms with Crippen LogP contribution in [0, 0.1) is 0 Å². The molecule has 2 aromatic rings. The van der Waals surface area contributed by atoms with E-state index in [2.05, 4.69) is 4.98 Å². The van der Waals surface area contributed by atoms with E-state index in [0.29, 0.717) is 0 Å². The zero-order valence-electron chi connectivity index (χ0n) is 8.44. The van der Waals surface area contributed by atoms with Crippen molar-refractivity contribution in [1.82, 2.24) is 9.71 Å². The highest BCUT2D eigenvalue weighted by Gasteiger charge is 2.15. The second kappa shape index (κ2) is 4.05. The smallest absolute Gasteiger partial charge is 0.363 e. The molecule has 0 atom stereocenters. The zero-order chi connectivity index (χ0) is 12.4. The standard InChI is InChI=1S/C10H8N2O5/c13-7-3-6(4-8(14)9(7)15)10(16)17-12-2-1-11-5-12/h1-5,13-15H. The first kappa shape index (κ1) is 10.8. The van der Waals surface area contributed by atoms with Crippen molar-refractivity contribution in [3.8, 4) is 17.2 Å². The van der Waals surface area contributed by atoms with Crippen molar-refractivity contribution in [3.63, 3.8) is 0 Å². The highest BCUT2D eigenvalue weighted by molar-refractivity contribution is 5.91. The Bertz CT molecular complexity index is 527. The third-order valence-electron chi connectivity index (χ3n) is 1.97. The largest absolute Gasteiger partial charge is 0.504 e. The summed E-state index contributed by atoms with van der Waals surface area (Å²) in [4.78, 5) is 20.0. The van der Waals surface area contributed by atoms with Gasteiger partial charge < -0.3 is 20.2 Å². The van der Waals surface area contributed by atoms with Gasteiger partial charge in [0.1, 0.15) is 6.33 Å². The molecule has 0 unspecified atom stereocenters. The molecular weight excluding hydrogens is 228 g/mol. The lowest BCUT2D eigenvalue weighted by atomic mass is 10.2. The molecule has 0 fully saturated rings. The quantitative estimate of drug-likeness (QED) is 0.646. The van der Waals surface area contributed by atoms with Crippen molar-refractivity contribution in [1.29, 1.82) is 0 Å². The van der Waals surface area contributed by atoms with Crippen LogP contribution in [0.3, 0.4) is 0 Å². The predicted molar refractivity (Wildman–Crippen MR) is 54.6 cm³/mol. The number of aromatic hydroxyl groups is 3. The number of carbonyl (C=O) groups excluding carboxylic acids is 1. The van der Waals surface area contributed by atoms with Gasteiger partial charge in [-0.25, -0.2) is 9.78 Å². The monoisotopic (exact) mass is 236 g/mol. The number of hydrogen-bond acceptors (Lipinski definition) is 6. The summed E-state index contributed by atoms with van der Waals surface area (Å²) >= 11 is 0. The normalized spacial score (nSPS) is 10.1. The van der Waals surface area contributed by atoms with Crippen LogP contribution in [0.1, 0.15) is 10.4 Å². The van der Waals surface area contributed by atoms with Crippen LogP contribution in [0.5, 0.6) is 17.2 Å². The molecule has 17 heavy (non-hydrogen) atoms. The molecule has 1 heterocycles. The minimum absolute atomic E-state index is 0.105. The van der Waals surface area contributed by atoms with Crippen molar-refractivity contribution in [3.05, 3.63) is 36.4 Å². The number of phenols is 3. The molecule has 0 amide bonds. The van der Waals surface area contributed by atoms with E-state index in [1.807, 2.05) is 0 Å². The number of imidazole rings is 1. The summed E-state index contributed by atoms with van der Waals surface area (Å²) in [6, 6.07) is 1.96. The molecule has 7 heteroatoms. The SMILES string of the molecule is O=C(On1ccnc1)c1cc(O)c(O)c(O)c1. The van der Waals surface area contributed by atoms with Gasteiger partial charge >= 0.3 is 5.97 Å². The number of rotatable bonds is 2. The average molecular weight is 236 g/mol. The zero-order valence-corrected chi connectivity index (χ0v) is 8.44. The topological polar surface area (TPSA) is 105 Å². The van der Waals surface area contributed by atoms with E-state index in [1.54, 1.807) is 0 Å². The van der Waals surface area contributed by atoms with Crippen molar-refractivity contribution < 1.29 is 25.0 Å². The summed E-state index contributed by atoms with van der Waals surface area (Å²) in [5.74, 6) is -2.72. The summed E-state index contributed by atoms with van der Waals surface area (Å²) in [6.07, 6.45) is 4.08. The molecule has 0 aliphatic rings. The highest BCUT2D eigenvalue weighted by atomic mass is 16.7. The van der Waals surface area contributed by atoms with Crippen molar-refractivity contribution in [2.24, 2.45) is 0 Å². The van der Waals surface area contributed by atoms with Crippen LogP contribution < -0.4 is 4.84 Å². The predicted octanol–water partition coefficient (Wildman–Crippen LogP) is 0.269. The maximum absolute atomic E-state index is 11.6. The molecular formula is C10H8N2O5. The molecule has 3 N–H and O–H groups in total. The van der Waals surface area contributed by atoms with Gasteiger partial charge in [0.05, 0.1) is 11.8 Å². The maximum Gasteiger partial charge on any atom is 0.363 e. The van der Waals surface area contributed by atoms with Crippen LogP contribution in [0.4, 0.5) is 0 Å². The third-order valence-corrected chi connectivity index (χ3v) is 1.97. The van der Waals surface area contributed by atoms with Gasteiger partial charge in [0.2, 0.25) is 0 Å². The van der Waals surface area contributed by atoms with E-state index in [4.69, 9.17) is 9.94 Å². The Kier molecular flexibility index (Phi) is 2.57. The van der Waals surface area contributed by atoms with E-state index >= 15 is 0 Å². The van der Waals surface area contributed by atoms with Crippen LogP contribution in [-0.2, 0) is 0 Å². The van der Waals surface area contributed by atoms with Gasteiger partial charge in [-0.3, -0.25) is 0 Å². The average Bonchev–Trinajstić information content (AvgIpc) is 2.77. The fourth-order valence-electron chi connectivity index (χ4n) is 1.17. The van der Waals surface area contributed by atoms with Crippen molar-refractivity contribution in [2.75, 3.05) is 0 Å². The number of nitrogens with zero attached hydrogens (tertiary/aromatic N) is 2. The van der Waals surface area contributed by atoms with Gasteiger partial charge in [0.25, 0.3) is 0 Å². The lowest BCUT2D eigenvalue weighted by molar-refractivity contribution is 0.0459. The number of hydrogen-bond donors (Lipinski definition) is 3. The molecule has 0 saturated carbocycles.